The fourth-order valence-electron chi connectivity index (χ4n) is 1.30. The molecule has 14 heavy (non-hydrogen) atoms. The van der Waals surface area contributed by atoms with Crippen LogP contribution in [0.25, 0.3) is 0 Å². The SMILES string of the molecule is CCOCCN(C)CCCC(N)CC. The molecule has 0 bridgehead atoms. The van der Waals surface area contributed by atoms with Crippen molar-refractivity contribution in [1.82, 2.24) is 4.90 Å². The third-order valence-electron chi connectivity index (χ3n) is 2.46. The maximum atomic E-state index is 5.84. The van der Waals surface area contributed by atoms with Gasteiger partial charge in [-0.05, 0) is 39.8 Å². The summed E-state index contributed by atoms with van der Waals surface area (Å²) in [6, 6.07) is 0.385. The first-order valence-electron chi connectivity index (χ1n) is 5.72. The highest BCUT2D eigenvalue weighted by atomic mass is 16.5. The summed E-state index contributed by atoms with van der Waals surface area (Å²) in [5.74, 6) is 0. The number of nitrogens with zero attached hydrogens (tertiary/aromatic N) is 1. The van der Waals surface area contributed by atoms with Crippen LogP contribution in [0.4, 0.5) is 0 Å². The Morgan fingerprint density at radius 3 is 2.57 bits per heavy atom. The first-order chi connectivity index (χ1) is 6.70. The Kier molecular flexibility index (Phi) is 9.35. The third kappa shape index (κ3) is 8.48. The molecule has 0 aliphatic rings. The highest BCUT2D eigenvalue weighted by Gasteiger charge is 2.01. The van der Waals surface area contributed by atoms with E-state index in [0.29, 0.717) is 6.04 Å². The van der Waals surface area contributed by atoms with Crippen molar-refractivity contribution >= 4 is 0 Å². The molecule has 86 valence electrons. The first kappa shape index (κ1) is 13.9. The van der Waals surface area contributed by atoms with E-state index >= 15 is 0 Å². The largest absolute Gasteiger partial charge is 0.380 e. The lowest BCUT2D eigenvalue weighted by Crippen LogP contribution is -2.26. The van der Waals surface area contributed by atoms with E-state index < -0.39 is 0 Å². The van der Waals surface area contributed by atoms with Crippen molar-refractivity contribution in [1.29, 1.82) is 0 Å². The zero-order valence-electron chi connectivity index (χ0n) is 9.96. The van der Waals surface area contributed by atoms with Gasteiger partial charge in [0.1, 0.15) is 0 Å². The highest BCUT2D eigenvalue weighted by Crippen LogP contribution is 1.99. The summed E-state index contributed by atoms with van der Waals surface area (Å²) in [7, 11) is 2.14. The van der Waals surface area contributed by atoms with Crippen molar-refractivity contribution in [2.75, 3.05) is 33.4 Å². The van der Waals surface area contributed by atoms with Crippen LogP contribution in [0.15, 0.2) is 0 Å². The molecule has 0 amide bonds. The lowest BCUT2D eigenvalue weighted by molar-refractivity contribution is 0.121. The van der Waals surface area contributed by atoms with Crippen LogP contribution in [0.5, 0.6) is 0 Å². The molecule has 0 radical (unpaired) electrons. The summed E-state index contributed by atoms with van der Waals surface area (Å²) in [5, 5.41) is 0. The second-order valence-electron chi connectivity index (χ2n) is 3.81. The van der Waals surface area contributed by atoms with E-state index in [-0.39, 0.29) is 0 Å². The second-order valence-corrected chi connectivity index (χ2v) is 3.81. The molecule has 0 heterocycles. The van der Waals surface area contributed by atoms with Crippen LogP contribution in [-0.4, -0.2) is 44.3 Å². The van der Waals surface area contributed by atoms with Gasteiger partial charge in [-0.3, -0.25) is 0 Å². The van der Waals surface area contributed by atoms with Crippen LogP contribution in [-0.2, 0) is 4.74 Å². The molecule has 2 N–H and O–H groups in total. The molecule has 0 saturated carbocycles. The zero-order valence-corrected chi connectivity index (χ0v) is 9.96. The lowest BCUT2D eigenvalue weighted by Gasteiger charge is -2.17. The van der Waals surface area contributed by atoms with E-state index in [4.69, 9.17) is 10.5 Å². The number of hydrogen-bond acceptors (Lipinski definition) is 3. The molecular formula is C11H26N2O. The molecule has 0 fully saturated rings. The Balaban J connectivity index is 3.21. The average molecular weight is 202 g/mol. The van der Waals surface area contributed by atoms with Gasteiger partial charge in [-0.1, -0.05) is 6.92 Å². The normalized spacial score (nSPS) is 13.5. The molecule has 0 rings (SSSR count). The van der Waals surface area contributed by atoms with Gasteiger partial charge in [0.25, 0.3) is 0 Å². The zero-order chi connectivity index (χ0) is 10.8. The molecule has 0 spiro atoms. The van der Waals surface area contributed by atoms with Gasteiger partial charge in [-0.2, -0.15) is 0 Å². The van der Waals surface area contributed by atoms with Gasteiger partial charge in [-0.25, -0.2) is 0 Å². The van der Waals surface area contributed by atoms with Crippen molar-refractivity contribution in [3.05, 3.63) is 0 Å². The van der Waals surface area contributed by atoms with Gasteiger partial charge in [-0.15, -0.1) is 0 Å². The third-order valence-corrected chi connectivity index (χ3v) is 2.46. The minimum atomic E-state index is 0.385. The predicted molar refractivity (Wildman–Crippen MR) is 61.5 cm³/mol. The monoisotopic (exact) mass is 202 g/mol. The summed E-state index contributed by atoms with van der Waals surface area (Å²) in [4.78, 5) is 2.30. The van der Waals surface area contributed by atoms with Crippen molar-refractivity contribution in [2.45, 2.75) is 39.2 Å². The molecule has 3 nitrogen and oxygen atoms in total. The summed E-state index contributed by atoms with van der Waals surface area (Å²) in [6.07, 6.45) is 3.41. The number of nitrogens with two attached hydrogens (primary N) is 1. The van der Waals surface area contributed by atoms with Gasteiger partial charge < -0.3 is 15.4 Å². The fourth-order valence-corrected chi connectivity index (χ4v) is 1.30. The minimum Gasteiger partial charge on any atom is -0.380 e. The molecular weight excluding hydrogens is 176 g/mol. The first-order valence-corrected chi connectivity index (χ1v) is 5.72. The van der Waals surface area contributed by atoms with Gasteiger partial charge in [0.15, 0.2) is 0 Å². The molecule has 0 aliphatic heterocycles. The topological polar surface area (TPSA) is 38.5 Å². The molecule has 0 aromatic heterocycles. The molecule has 0 aromatic carbocycles. The van der Waals surface area contributed by atoms with Crippen LogP contribution in [0, 0.1) is 0 Å². The average Bonchev–Trinajstić information content (AvgIpc) is 2.18. The molecule has 1 unspecified atom stereocenters. The molecule has 1 atom stereocenters. The van der Waals surface area contributed by atoms with Crippen molar-refractivity contribution in [2.24, 2.45) is 5.73 Å². The maximum Gasteiger partial charge on any atom is 0.0593 e. The Morgan fingerprint density at radius 1 is 1.29 bits per heavy atom. The van der Waals surface area contributed by atoms with E-state index in [1.807, 2.05) is 6.92 Å². The Labute approximate surface area is 88.6 Å². The second kappa shape index (κ2) is 9.44. The minimum absolute atomic E-state index is 0.385. The fraction of sp³-hybridized carbons (Fsp3) is 1.00. The number of hydrogen-bond donors (Lipinski definition) is 1. The van der Waals surface area contributed by atoms with Crippen LogP contribution < -0.4 is 5.73 Å². The molecule has 0 saturated heterocycles. The molecule has 0 aliphatic carbocycles. The van der Waals surface area contributed by atoms with Crippen LogP contribution >= 0.6 is 0 Å². The molecule has 0 aromatic rings. The maximum absolute atomic E-state index is 5.84. The standard InChI is InChI=1S/C11H26N2O/c1-4-11(12)7-6-8-13(3)9-10-14-5-2/h11H,4-10,12H2,1-3H3. The van der Waals surface area contributed by atoms with E-state index in [1.54, 1.807) is 0 Å². The Bertz CT molecular complexity index is 120. The van der Waals surface area contributed by atoms with Crippen LogP contribution in [0.3, 0.4) is 0 Å². The van der Waals surface area contributed by atoms with E-state index in [0.717, 1.165) is 39.1 Å². The smallest absolute Gasteiger partial charge is 0.0593 e. The van der Waals surface area contributed by atoms with Gasteiger partial charge in [0, 0.05) is 19.2 Å². The van der Waals surface area contributed by atoms with Crippen molar-refractivity contribution in [3.8, 4) is 0 Å². The van der Waals surface area contributed by atoms with Crippen LogP contribution in [0.2, 0.25) is 0 Å². The van der Waals surface area contributed by atoms with Crippen molar-refractivity contribution in [3.63, 3.8) is 0 Å². The Morgan fingerprint density at radius 2 is 2.00 bits per heavy atom. The number of rotatable bonds is 9. The van der Waals surface area contributed by atoms with E-state index in [2.05, 4.69) is 18.9 Å². The quantitative estimate of drug-likeness (QED) is 0.575. The summed E-state index contributed by atoms with van der Waals surface area (Å²) in [5.41, 5.74) is 5.84. The van der Waals surface area contributed by atoms with Gasteiger partial charge in [0.2, 0.25) is 0 Å². The van der Waals surface area contributed by atoms with E-state index in [1.165, 1.54) is 6.42 Å². The lowest BCUT2D eigenvalue weighted by atomic mass is 10.1. The molecule has 3 heteroatoms. The number of ether oxygens (including phenoxy) is 1. The van der Waals surface area contributed by atoms with Crippen LogP contribution in [0.1, 0.15) is 33.1 Å². The highest BCUT2D eigenvalue weighted by molar-refractivity contribution is 4.60. The summed E-state index contributed by atoms with van der Waals surface area (Å²) in [6.45, 7) is 7.97. The van der Waals surface area contributed by atoms with Gasteiger partial charge in [0.05, 0.1) is 6.61 Å². The number of likely N-dealkylation sites (N-methyl/N-ethyl adjacent to an activating group) is 1. The summed E-state index contributed by atoms with van der Waals surface area (Å²) >= 11 is 0. The van der Waals surface area contributed by atoms with E-state index in [9.17, 15) is 0 Å². The summed E-state index contributed by atoms with van der Waals surface area (Å²) < 4.78 is 5.29. The van der Waals surface area contributed by atoms with Crippen molar-refractivity contribution < 1.29 is 4.74 Å². The van der Waals surface area contributed by atoms with Gasteiger partial charge >= 0.3 is 0 Å². The Hall–Kier alpha value is -0.120. The predicted octanol–water partition coefficient (Wildman–Crippen LogP) is 1.47.